The Balaban J connectivity index is 1.89. The van der Waals surface area contributed by atoms with Gasteiger partial charge in [-0.05, 0) is 25.0 Å². The van der Waals surface area contributed by atoms with Gasteiger partial charge < -0.3 is 15.5 Å². The van der Waals surface area contributed by atoms with Gasteiger partial charge in [0.1, 0.15) is 5.82 Å². The lowest BCUT2D eigenvalue weighted by atomic mass is 10.0. The van der Waals surface area contributed by atoms with Crippen molar-refractivity contribution in [2.45, 2.75) is 31.8 Å². The molecular weight excluding hydrogens is 257 g/mol. The summed E-state index contributed by atoms with van der Waals surface area (Å²) in [6.45, 7) is 3.92. The predicted octanol–water partition coefficient (Wildman–Crippen LogP) is 1.66. The smallest absolute Gasteiger partial charge is 0.223 e. The third-order valence-electron chi connectivity index (χ3n) is 4.32. The highest BCUT2D eigenvalue weighted by atomic mass is 19.1. The average Bonchev–Trinajstić information content (AvgIpc) is 2.79. The molecule has 20 heavy (non-hydrogen) atoms. The van der Waals surface area contributed by atoms with Crippen LogP contribution in [-0.4, -0.2) is 36.5 Å². The summed E-state index contributed by atoms with van der Waals surface area (Å²) in [6.07, 6.45) is 1.49. The zero-order chi connectivity index (χ0) is 14.3. The molecule has 2 aliphatic rings. The van der Waals surface area contributed by atoms with E-state index in [1.165, 1.54) is 6.07 Å². The van der Waals surface area contributed by atoms with Crippen LogP contribution in [0.5, 0.6) is 0 Å². The molecule has 2 unspecified atom stereocenters. The molecule has 2 heterocycles. The summed E-state index contributed by atoms with van der Waals surface area (Å²) in [7, 11) is 0. The lowest BCUT2D eigenvalue weighted by Crippen LogP contribution is -2.52. The predicted molar refractivity (Wildman–Crippen MR) is 76.0 cm³/mol. The average molecular weight is 277 g/mol. The van der Waals surface area contributed by atoms with Gasteiger partial charge in [0.2, 0.25) is 5.91 Å². The number of hydrogen-bond donors (Lipinski definition) is 1. The first-order valence-electron chi connectivity index (χ1n) is 7.16. The van der Waals surface area contributed by atoms with Crippen LogP contribution in [0.3, 0.4) is 0 Å². The monoisotopic (exact) mass is 277 g/mol. The quantitative estimate of drug-likeness (QED) is 0.894. The van der Waals surface area contributed by atoms with E-state index in [2.05, 4.69) is 0 Å². The number of benzene rings is 1. The summed E-state index contributed by atoms with van der Waals surface area (Å²) in [5.41, 5.74) is 7.41. The third kappa shape index (κ3) is 2.16. The van der Waals surface area contributed by atoms with E-state index in [0.29, 0.717) is 31.7 Å². The van der Waals surface area contributed by atoms with Crippen molar-refractivity contribution in [3.8, 4) is 0 Å². The van der Waals surface area contributed by atoms with Gasteiger partial charge in [0.25, 0.3) is 0 Å². The molecule has 1 amide bonds. The molecule has 108 valence electrons. The van der Waals surface area contributed by atoms with E-state index in [4.69, 9.17) is 5.73 Å². The number of hydrogen-bond acceptors (Lipinski definition) is 3. The summed E-state index contributed by atoms with van der Waals surface area (Å²) in [5.74, 6) is 0.00757. The number of piperazine rings is 1. The summed E-state index contributed by atoms with van der Waals surface area (Å²) in [4.78, 5) is 15.7. The number of rotatable bonds is 2. The Bertz CT molecular complexity index is 532. The highest BCUT2D eigenvalue weighted by Gasteiger charge is 2.36. The van der Waals surface area contributed by atoms with Crippen molar-refractivity contribution in [1.82, 2.24) is 4.90 Å². The van der Waals surface area contributed by atoms with E-state index in [1.54, 1.807) is 6.07 Å². The van der Waals surface area contributed by atoms with E-state index in [9.17, 15) is 9.18 Å². The Morgan fingerprint density at radius 1 is 1.40 bits per heavy atom. The maximum Gasteiger partial charge on any atom is 0.223 e. The number of carbonyl (C=O) groups is 1. The minimum Gasteiger partial charge on any atom is -0.365 e. The normalized spacial score (nSPS) is 23.9. The highest BCUT2D eigenvalue weighted by Crippen LogP contribution is 2.32. The minimum atomic E-state index is -0.224. The molecule has 3 rings (SSSR count). The fourth-order valence-corrected chi connectivity index (χ4v) is 3.30. The van der Waals surface area contributed by atoms with E-state index < -0.39 is 0 Å². The van der Waals surface area contributed by atoms with Gasteiger partial charge in [-0.25, -0.2) is 4.39 Å². The molecule has 0 spiro atoms. The van der Waals surface area contributed by atoms with Gasteiger partial charge in [-0.3, -0.25) is 4.79 Å². The van der Waals surface area contributed by atoms with Crippen molar-refractivity contribution in [3.63, 3.8) is 0 Å². The fourth-order valence-electron chi connectivity index (χ4n) is 3.30. The van der Waals surface area contributed by atoms with Gasteiger partial charge >= 0.3 is 0 Å². The minimum absolute atomic E-state index is 0.205. The van der Waals surface area contributed by atoms with Crippen LogP contribution in [0.4, 0.5) is 10.1 Å². The van der Waals surface area contributed by atoms with Crippen LogP contribution >= 0.6 is 0 Å². The molecule has 0 radical (unpaired) electrons. The second kappa shape index (κ2) is 5.05. The second-order valence-electron chi connectivity index (χ2n) is 5.69. The Kier molecular flexibility index (Phi) is 3.38. The standard InChI is InChI=1S/C15H20FN3O/c1-10(17)12-3-2-4-13(16)15(12)18-7-8-19-11(9-18)5-6-14(19)20/h2-4,10-11H,5-9,17H2,1H3. The molecular formula is C15H20FN3O. The van der Waals surface area contributed by atoms with Crippen molar-refractivity contribution in [1.29, 1.82) is 0 Å². The number of anilines is 1. The first kappa shape index (κ1) is 13.4. The molecule has 0 bridgehead atoms. The maximum absolute atomic E-state index is 14.2. The summed E-state index contributed by atoms with van der Waals surface area (Å²) in [5, 5.41) is 0. The maximum atomic E-state index is 14.2. The highest BCUT2D eigenvalue weighted by molar-refractivity contribution is 5.79. The summed E-state index contributed by atoms with van der Waals surface area (Å²) >= 11 is 0. The molecule has 2 fully saturated rings. The van der Waals surface area contributed by atoms with Crippen molar-refractivity contribution in [2.24, 2.45) is 5.73 Å². The van der Waals surface area contributed by atoms with Gasteiger partial charge in [-0.1, -0.05) is 12.1 Å². The Morgan fingerprint density at radius 2 is 2.20 bits per heavy atom. The molecule has 2 atom stereocenters. The molecule has 2 N–H and O–H groups in total. The fraction of sp³-hybridized carbons (Fsp3) is 0.533. The van der Waals surface area contributed by atoms with Crippen LogP contribution in [-0.2, 0) is 4.79 Å². The molecule has 0 aromatic heterocycles. The lowest BCUT2D eigenvalue weighted by molar-refractivity contribution is -0.129. The number of fused-ring (bicyclic) bond motifs is 1. The molecule has 4 nitrogen and oxygen atoms in total. The van der Waals surface area contributed by atoms with Gasteiger partial charge in [0.15, 0.2) is 0 Å². The van der Waals surface area contributed by atoms with Crippen LogP contribution < -0.4 is 10.6 Å². The zero-order valence-electron chi connectivity index (χ0n) is 11.7. The molecule has 0 aliphatic carbocycles. The lowest BCUT2D eigenvalue weighted by Gasteiger charge is -2.40. The van der Waals surface area contributed by atoms with Crippen LogP contribution in [0.15, 0.2) is 18.2 Å². The molecule has 2 aliphatic heterocycles. The summed E-state index contributed by atoms with van der Waals surface area (Å²) < 4.78 is 14.2. The van der Waals surface area contributed by atoms with Gasteiger partial charge in [-0.15, -0.1) is 0 Å². The number of amides is 1. The van der Waals surface area contributed by atoms with Gasteiger partial charge in [0, 0.05) is 38.1 Å². The Labute approximate surface area is 118 Å². The Hall–Kier alpha value is -1.62. The molecule has 0 saturated carbocycles. The van der Waals surface area contributed by atoms with Crippen molar-refractivity contribution < 1.29 is 9.18 Å². The first-order valence-corrected chi connectivity index (χ1v) is 7.16. The first-order chi connectivity index (χ1) is 9.58. The number of carbonyl (C=O) groups excluding carboxylic acids is 1. The van der Waals surface area contributed by atoms with Crippen LogP contribution in [0.2, 0.25) is 0 Å². The molecule has 2 saturated heterocycles. The van der Waals surface area contributed by atoms with E-state index in [-0.39, 0.29) is 23.8 Å². The number of para-hydroxylation sites is 1. The third-order valence-corrected chi connectivity index (χ3v) is 4.32. The van der Waals surface area contributed by atoms with E-state index >= 15 is 0 Å². The number of halogens is 1. The van der Waals surface area contributed by atoms with Gasteiger partial charge in [-0.2, -0.15) is 0 Å². The second-order valence-corrected chi connectivity index (χ2v) is 5.69. The van der Waals surface area contributed by atoms with E-state index in [1.807, 2.05) is 22.8 Å². The van der Waals surface area contributed by atoms with Crippen LogP contribution in [0, 0.1) is 5.82 Å². The van der Waals surface area contributed by atoms with Crippen molar-refractivity contribution in [3.05, 3.63) is 29.6 Å². The molecule has 1 aromatic rings. The SMILES string of the molecule is CC(N)c1cccc(F)c1N1CCN2C(=O)CCC2C1. The van der Waals surface area contributed by atoms with E-state index in [0.717, 1.165) is 12.0 Å². The molecule has 5 heteroatoms. The van der Waals surface area contributed by atoms with Crippen LogP contribution in [0.25, 0.3) is 0 Å². The van der Waals surface area contributed by atoms with Crippen molar-refractivity contribution in [2.75, 3.05) is 24.5 Å². The Morgan fingerprint density at radius 3 is 2.95 bits per heavy atom. The van der Waals surface area contributed by atoms with Crippen LogP contribution in [0.1, 0.15) is 31.4 Å². The number of nitrogens with two attached hydrogens (primary N) is 1. The number of nitrogens with zero attached hydrogens (tertiary/aromatic N) is 2. The summed E-state index contributed by atoms with van der Waals surface area (Å²) in [6, 6.07) is 5.08. The van der Waals surface area contributed by atoms with Gasteiger partial charge in [0.05, 0.1) is 5.69 Å². The molecule has 1 aromatic carbocycles. The largest absolute Gasteiger partial charge is 0.365 e. The van der Waals surface area contributed by atoms with Crippen molar-refractivity contribution >= 4 is 11.6 Å². The zero-order valence-corrected chi connectivity index (χ0v) is 11.7. The topological polar surface area (TPSA) is 49.6 Å².